The van der Waals surface area contributed by atoms with Crippen LogP contribution in [0.15, 0.2) is 0 Å². The van der Waals surface area contributed by atoms with Crippen molar-refractivity contribution in [2.24, 2.45) is 0 Å². The van der Waals surface area contributed by atoms with E-state index in [0.717, 1.165) is 0 Å². The number of hydrogen-bond donors (Lipinski definition) is 0. The molecule has 0 bridgehead atoms. The van der Waals surface area contributed by atoms with Crippen LogP contribution in [-0.4, -0.2) is 0 Å². The van der Waals surface area contributed by atoms with Crippen molar-refractivity contribution < 1.29 is 10.2 Å². The fourth-order valence-corrected chi connectivity index (χ4v) is 1.41. The van der Waals surface area contributed by atoms with Gasteiger partial charge in [-0.25, -0.2) is 0 Å². The van der Waals surface area contributed by atoms with Crippen molar-refractivity contribution in [1.29, 1.82) is 0 Å². The Morgan fingerprint density at radius 1 is 0.833 bits per heavy atom. The first kappa shape index (κ1) is 10.1. The van der Waals surface area contributed by atoms with Gasteiger partial charge in [0, 0.05) is 0 Å². The highest BCUT2D eigenvalue weighted by Gasteiger charge is 2.15. The molecule has 0 aromatic heterocycles. The van der Waals surface area contributed by atoms with E-state index in [0.29, 0.717) is 0 Å². The fourth-order valence-electron chi connectivity index (χ4n) is 0.591. The van der Waals surface area contributed by atoms with E-state index in [1.807, 2.05) is 0 Å². The highest BCUT2D eigenvalue weighted by atomic mass is 35.5. The summed E-state index contributed by atoms with van der Waals surface area (Å²) in [6, 6.07) is 0. The molecule has 0 spiro atoms. The van der Waals surface area contributed by atoms with Gasteiger partial charge in [-0.2, -0.15) is 0 Å². The van der Waals surface area contributed by atoms with Gasteiger partial charge in [-0.05, 0) is 0 Å². The topological polar surface area (TPSA) is 43.0 Å². The van der Waals surface area contributed by atoms with Crippen LogP contribution in [0, 0.1) is 0 Å². The standard InChI is InChI=1S/C6HCl4O2/c7-1-2(8)6(12)4(10)3(9)5(1)11/h11H/p-1. The van der Waals surface area contributed by atoms with E-state index in [-0.39, 0.29) is 0 Å². The Morgan fingerprint density at radius 2 is 1.17 bits per heavy atom. The molecule has 1 aromatic carbocycles. The average molecular weight is 246 g/mol. The minimum absolute atomic E-state index is 0.393. The SMILES string of the molecule is [O]c1c(Cl)c(Cl)c([O-])c(Cl)c1Cl. The van der Waals surface area contributed by atoms with E-state index < -0.39 is 31.6 Å². The molecule has 0 fully saturated rings. The lowest BCUT2D eigenvalue weighted by Gasteiger charge is -2.13. The molecular weight excluding hydrogens is 246 g/mol. The van der Waals surface area contributed by atoms with Crippen molar-refractivity contribution in [1.82, 2.24) is 0 Å². The summed E-state index contributed by atoms with van der Waals surface area (Å²) in [4.78, 5) is 0. The van der Waals surface area contributed by atoms with E-state index in [1.165, 1.54) is 0 Å². The first-order valence-electron chi connectivity index (χ1n) is 2.66. The zero-order chi connectivity index (χ0) is 9.46. The maximum atomic E-state index is 11.0. The van der Waals surface area contributed by atoms with Gasteiger partial charge in [0.1, 0.15) is 10.0 Å². The summed E-state index contributed by atoms with van der Waals surface area (Å²) in [5.41, 5.74) is 0. The highest BCUT2D eigenvalue weighted by Crippen LogP contribution is 2.47. The predicted molar refractivity (Wildman–Crippen MR) is 46.1 cm³/mol. The Bertz CT molecular complexity index is 232. The lowest BCUT2D eigenvalue weighted by atomic mass is 10.3. The van der Waals surface area contributed by atoms with Gasteiger partial charge in [0.2, 0.25) is 5.75 Å². The van der Waals surface area contributed by atoms with Gasteiger partial charge in [-0.3, -0.25) is 5.11 Å². The molecule has 1 rings (SSSR count). The molecule has 1 aromatic rings. The number of hydrogen-bond acceptors (Lipinski definition) is 1. The molecule has 0 atom stereocenters. The lowest BCUT2D eigenvalue weighted by Crippen LogP contribution is -1.93. The molecule has 2 nitrogen and oxygen atoms in total. The fraction of sp³-hybridized carbons (Fsp3) is 0. The molecule has 0 aliphatic carbocycles. The summed E-state index contributed by atoms with van der Waals surface area (Å²) < 4.78 is 0. The quantitative estimate of drug-likeness (QED) is 0.645. The Hall–Kier alpha value is -0.0200. The van der Waals surface area contributed by atoms with Crippen LogP contribution in [0.4, 0.5) is 0 Å². The summed E-state index contributed by atoms with van der Waals surface area (Å²) in [7, 11) is 0. The summed E-state index contributed by atoms with van der Waals surface area (Å²) >= 11 is 21.5. The largest absolute Gasteiger partial charge is 0.870 e. The van der Waals surface area contributed by atoms with Gasteiger partial charge in [0.25, 0.3) is 0 Å². The van der Waals surface area contributed by atoms with E-state index >= 15 is 0 Å². The van der Waals surface area contributed by atoms with Gasteiger partial charge >= 0.3 is 0 Å². The monoisotopic (exact) mass is 244 g/mol. The zero-order valence-electron chi connectivity index (χ0n) is 5.33. The molecule has 1 radical (unpaired) electrons. The van der Waals surface area contributed by atoms with Crippen LogP contribution < -0.4 is 5.11 Å². The zero-order valence-corrected chi connectivity index (χ0v) is 8.35. The van der Waals surface area contributed by atoms with Crippen molar-refractivity contribution in [3.8, 4) is 11.5 Å². The highest BCUT2D eigenvalue weighted by molar-refractivity contribution is 6.50. The van der Waals surface area contributed by atoms with Gasteiger partial charge in [-0.15, -0.1) is 0 Å². The van der Waals surface area contributed by atoms with Crippen LogP contribution in [0.25, 0.3) is 0 Å². The van der Waals surface area contributed by atoms with E-state index in [1.54, 1.807) is 0 Å². The summed E-state index contributed by atoms with van der Waals surface area (Å²) in [5.74, 6) is -1.46. The minimum atomic E-state index is -0.729. The van der Waals surface area contributed by atoms with Crippen molar-refractivity contribution in [3.63, 3.8) is 0 Å². The molecule has 65 valence electrons. The van der Waals surface area contributed by atoms with Gasteiger partial charge in [0.05, 0.1) is 10.0 Å². The van der Waals surface area contributed by atoms with E-state index in [4.69, 9.17) is 46.4 Å². The number of benzene rings is 1. The molecule has 0 aliphatic heterocycles. The lowest BCUT2D eigenvalue weighted by molar-refractivity contribution is -0.268. The number of rotatable bonds is 0. The van der Waals surface area contributed by atoms with Gasteiger partial charge < -0.3 is 5.11 Å². The second kappa shape index (κ2) is 3.38. The molecule has 12 heavy (non-hydrogen) atoms. The van der Waals surface area contributed by atoms with Crippen LogP contribution in [0.2, 0.25) is 20.1 Å². The summed E-state index contributed by atoms with van der Waals surface area (Å²) in [6.07, 6.45) is 0. The second-order valence-electron chi connectivity index (χ2n) is 1.91. The van der Waals surface area contributed by atoms with Crippen molar-refractivity contribution in [3.05, 3.63) is 20.1 Å². The third-order valence-corrected chi connectivity index (χ3v) is 2.82. The maximum Gasteiger partial charge on any atom is 0.218 e. The maximum absolute atomic E-state index is 11.0. The normalized spacial score (nSPS) is 10.3. The van der Waals surface area contributed by atoms with Crippen LogP contribution >= 0.6 is 46.4 Å². The Kier molecular flexibility index (Phi) is 2.84. The molecule has 0 amide bonds. The molecule has 0 saturated carbocycles. The molecule has 0 saturated heterocycles. The number of halogens is 4. The Morgan fingerprint density at radius 3 is 1.50 bits per heavy atom. The van der Waals surface area contributed by atoms with Gasteiger partial charge in [-0.1, -0.05) is 52.2 Å². The van der Waals surface area contributed by atoms with Crippen LogP contribution in [0.5, 0.6) is 11.5 Å². The van der Waals surface area contributed by atoms with Crippen molar-refractivity contribution in [2.75, 3.05) is 0 Å². The third kappa shape index (κ3) is 1.40. The summed E-state index contributed by atoms with van der Waals surface area (Å²) in [5, 5.41) is 20.4. The first-order valence-corrected chi connectivity index (χ1v) is 4.18. The second-order valence-corrected chi connectivity index (χ2v) is 3.43. The van der Waals surface area contributed by atoms with E-state index in [9.17, 15) is 10.2 Å². The van der Waals surface area contributed by atoms with Crippen molar-refractivity contribution >= 4 is 46.4 Å². The van der Waals surface area contributed by atoms with Crippen molar-refractivity contribution in [2.45, 2.75) is 0 Å². The molecular formula is C6Cl4O2-. The van der Waals surface area contributed by atoms with Crippen LogP contribution in [0.1, 0.15) is 0 Å². The summed E-state index contributed by atoms with van der Waals surface area (Å²) in [6.45, 7) is 0. The molecule has 6 heteroatoms. The predicted octanol–water partition coefficient (Wildman–Crippen LogP) is 3.52. The van der Waals surface area contributed by atoms with Crippen LogP contribution in [-0.2, 0) is 5.11 Å². The van der Waals surface area contributed by atoms with E-state index in [2.05, 4.69) is 0 Å². The minimum Gasteiger partial charge on any atom is -0.870 e. The molecule has 0 aliphatic rings. The molecule has 0 unspecified atom stereocenters. The molecule has 0 heterocycles. The Labute approximate surface area is 88.2 Å². The first-order chi connectivity index (χ1) is 5.46. The molecule has 0 N–H and O–H groups in total. The third-order valence-electron chi connectivity index (χ3n) is 1.18. The Balaban J connectivity index is 3.60. The van der Waals surface area contributed by atoms with Crippen LogP contribution in [0.3, 0.4) is 0 Å². The average Bonchev–Trinajstić information content (AvgIpc) is 2.08. The van der Waals surface area contributed by atoms with Gasteiger partial charge in [0.15, 0.2) is 0 Å². The smallest absolute Gasteiger partial charge is 0.218 e.